The normalized spacial score (nSPS) is 17.7. The van der Waals surface area contributed by atoms with Crippen LogP contribution in [0.4, 0.5) is 4.79 Å². The summed E-state index contributed by atoms with van der Waals surface area (Å²) in [7, 11) is 3.98. The molecule has 0 radical (unpaired) electrons. The van der Waals surface area contributed by atoms with Gasteiger partial charge in [0.05, 0.1) is 6.61 Å². The second-order valence-electron chi connectivity index (χ2n) is 6.37. The molecule has 2 rings (SSSR count). The number of nitrogens with one attached hydrogen (secondary N) is 1. The van der Waals surface area contributed by atoms with Crippen molar-refractivity contribution in [2.24, 2.45) is 0 Å². The van der Waals surface area contributed by atoms with Crippen LogP contribution in [-0.4, -0.2) is 62.2 Å². The minimum atomic E-state index is -0.0119. The number of benzene rings is 1. The molecular formula is C18H28ClN3O2. The first-order valence-electron chi connectivity index (χ1n) is 8.64. The summed E-state index contributed by atoms with van der Waals surface area (Å²) in [5.74, 6) is 0.798. The minimum absolute atomic E-state index is 0.0119. The van der Waals surface area contributed by atoms with Gasteiger partial charge in [-0.15, -0.1) is 0 Å². The highest BCUT2D eigenvalue weighted by Crippen LogP contribution is 2.17. The molecule has 1 aromatic carbocycles. The quantitative estimate of drug-likeness (QED) is 0.730. The summed E-state index contributed by atoms with van der Waals surface area (Å²) in [6, 6.07) is 7.90. The lowest BCUT2D eigenvalue weighted by Gasteiger charge is -2.21. The predicted molar refractivity (Wildman–Crippen MR) is 97.9 cm³/mol. The monoisotopic (exact) mass is 353 g/mol. The zero-order valence-electron chi connectivity index (χ0n) is 14.6. The van der Waals surface area contributed by atoms with E-state index in [0.29, 0.717) is 24.2 Å². The number of likely N-dealkylation sites (tertiary alicyclic amines) is 1. The Kier molecular flexibility index (Phi) is 7.66. The minimum Gasteiger partial charge on any atom is -0.494 e. The Morgan fingerprint density at radius 3 is 2.83 bits per heavy atom. The highest BCUT2D eigenvalue weighted by atomic mass is 35.5. The molecule has 1 heterocycles. The molecule has 134 valence electrons. The molecule has 1 N–H and O–H groups in total. The first-order chi connectivity index (χ1) is 11.6. The first-order valence-corrected chi connectivity index (χ1v) is 9.01. The SMILES string of the molecule is CN(CCCOc1ccc(Cl)cc1)C(=O)NCC[C@@H]1CCCN1C. The van der Waals surface area contributed by atoms with Crippen LogP contribution in [0.5, 0.6) is 5.75 Å². The number of hydrogen-bond acceptors (Lipinski definition) is 3. The third-order valence-electron chi connectivity index (χ3n) is 4.49. The summed E-state index contributed by atoms with van der Waals surface area (Å²) in [5, 5.41) is 3.70. The van der Waals surface area contributed by atoms with Gasteiger partial charge in [-0.3, -0.25) is 0 Å². The van der Waals surface area contributed by atoms with Crippen molar-refractivity contribution in [1.29, 1.82) is 0 Å². The maximum atomic E-state index is 12.0. The Labute approximate surface area is 149 Å². The van der Waals surface area contributed by atoms with Crippen LogP contribution in [0.3, 0.4) is 0 Å². The lowest BCUT2D eigenvalue weighted by atomic mass is 10.1. The van der Waals surface area contributed by atoms with E-state index in [2.05, 4.69) is 17.3 Å². The van der Waals surface area contributed by atoms with Crippen LogP contribution >= 0.6 is 11.6 Å². The maximum absolute atomic E-state index is 12.0. The molecule has 0 bridgehead atoms. The van der Waals surface area contributed by atoms with Gasteiger partial charge in [-0.1, -0.05) is 11.6 Å². The Bertz CT molecular complexity index is 509. The van der Waals surface area contributed by atoms with Gasteiger partial charge in [0.2, 0.25) is 0 Å². The van der Waals surface area contributed by atoms with Gasteiger partial charge < -0.3 is 19.9 Å². The Balaban J connectivity index is 1.55. The fraction of sp³-hybridized carbons (Fsp3) is 0.611. The molecule has 1 aliphatic rings. The fourth-order valence-corrected chi connectivity index (χ4v) is 3.07. The van der Waals surface area contributed by atoms with Crippen molar-refractivity contribution in [1.82, 2.24) is 15.1 Å². The van der Waals surface area contributed by atoms with Crippen LogP contribution in [0.25, 0.3) is 0 Å². The molecule has 2 amide bonds. The van der Waals surface area contributed by atoms with Gasteiger partial charge in [-0.05, 0) is 63.5 Å². The zero-order valence-corrected chi connectivity index (χ0v) is 15.4. The van der Waals surface area contributed by atoms with E-state index in [-0.39, 0.29) is 6.03 Å². The van der Waals surface area contributed by atoms with E-state index in [1.807, 2.05) is 19.2 Å². The van der Waals surface area contributed by atoms with E-state index in [1.54, 1.807) is 17.0 Å². The molecule has 24 heavy (non-hydrogen) atoms. The van der Waals surface area contributed by atoms with E-state index in [4.69, 9.17) is 16.3 Å². The summed E-state index contributed by atoms with van der Waals surface area (Å²) in [6.07, 6.45) is 4.32. The van der Waals surface area contributed by atoms with Crippen LogP contribution in [0, 0.1) is 0 Å². The number of carbonyl (C=O) groups is 1. The molecule has 0 spiro atoms. The summed E-state index contributed by atoms with van der Waals surface area (Å²) >= 11 is 5.83. The lowest BCUT2D eigenvalue weighted by Crippen LogP contribution is -2.40. The molecule has 6 heteroatoms. The standard InChI is InChI=1S/C18H28ClN3O2/c1-21-12-3-5-16(21)10-11-20-18(23)22(2)13-4-14-24-17-8-6-15(19)7-9-17/h6-9,16H,3-5,10-14H2,1-2H3,(H,20,23)/t16-/m0/s1. The van der Waals surface area contributed by atoms with Crippen LogP contribution in [0.15, 0.2) is 24.3 Å². The molecule has 1 saturated heterocycles. The highest BCUT2D eigenvalue weighted by Gasteiger charge is 2.20. The van der Waals surface area contributed by atoms with E-state index in [1.165, 1.54) is 19.4 Å². The summed E-state index contributed by atoms with van der Waals surface area (Å²) in [5.41, 5.74) is 0. The molecule has 5 nitrogen and oxygen atoms in total. The van der Waals surface area contributed by atoms with E-state index < -0.39 is 0 Å². The van der Waals surface area contributed by atoms with Gasteiger partial charge in [0.15, 0.2) is 0 Å². The van der Waals surface area contributed by atoms with Gasteiger partial charge in [0.1, 0.15) is 5.75 Å². The van der Waals surface area contributed by atoms with Crippen molar-refractivity contribution in [3.05, 3.63) is 29.3 Å². The Morgan fingerprint density at radius 1 is 1.42 bits per heavy atom. The number of amides is 2. The van der Waals surface area contributed by atoms with Crippen molar-refractivity contribution < 1.29 is 9.53 Å². The van der Waals surface area contributed by atoms with Gasteiger partial charge in [-0.25, -0.2) is 4.79 Å². The van der Waals surface area contributed by atoms with Crippen molar-refractivity contribution in [3.8, 4) is 5.75 Å². The van der Waals surface area contributed by atoms with Crippen LogP contribution in [-0.2, 0) is 0 Å². The summed E-state index contributed by atoms with van der Waals surface area (Å²) < 4.78 is 5.63. The fourth-order valence-electron chi connectivity index (χ4n) is 2.95. The largest absolute Gasteiger partial charge is 0.494 e. The van der Waals surface area contributed by atoms with E-state index >= 15 is 0 Å². The van der Waals surface area contributed by atoms with Crippen LogP contribution in [0.2, 0.25) is 5.02 Å². The molecule has 0 aliphatic carbocycles. The molecule has 0 unspecified atom stereocenters. The van der Waals surface area contributed by atoms with Crippen molar-refractivity contribution in [2.45, 2.75) is 31.7 Å². The van der Waals surface area contributed by atoms with Crippen molar-refractivity contribution in [3.63, 3.8) is 0 Å². The average molecular weight is 354 g/mol. The molecule has 1 fully saturated rings. The molecular weight excluding hydrogens is 326 g/mol. The van der Waals surface area contributed by atoms with E-state index in [0.717, 1.165) is 25.1 Å². The average Bonchev–Trinajstić information content (AvgIpc) is 2.98. The predicted octanol–water partition coefficient (Wildman–Crippen LogP) is 3.23. The number of hydrogen-bond donors (Lipinski definition) is 1. The Morgan fingerprint density at radius 2 is 2.17 bits per heavy atom. The topological polar surface area (TPSA) is 44.8 Å². The summed E-state index contributed by atoms with van der Waals surface area (Å²) in [6.45, 7) is 3.15. The third kappa shape index (κ3) is 6.21. The first kappa shape index (κ1) is 18.9. The zero-order chi connectivity index (χ0) is 17.4. The van der Waals surface area contributed by atoms with Gasteiger partial charge in [0, 0.05) is 31.2 Å². The molecule has 0 saturated carbocycles. The number of rotatable bonds is 8. The van der Waals surface area contributed by atoms with Crippen molar-refractivity contribution in [2.75, 3.05) is 40.3 Å². The second kappa shape index (κ2) is 9.74. The number of ether oxygens (including phenoxy) is 1. The molecule has 1 aromatic rings. The lowest BCUT2D eigenvalue weighted by molar-refractivity contribution is 0.201. The third-order valence-corrected chi connectivity index (χ3v) is 4.74. The van der Waals surface area contributed by atoms with Crippen LogP contribution < -0.4 is 10.1 Å². The molecule has 0 aromatic heterocycles. The molecule has 1 aliphatic heterocycles. The maximum Gasteiger partial charge on any atom is 0.317 e. The molecule has 1 atom stereocenters. The van der Waals surface area contributed by atoms with Gasteiger partial charge in [0.25, 0.3) is 0 Å². The Hall–Kier alpha value is -1.46. The number of halogens is 1. The summed E-state index contributed by atoms with van der Waals surface area (Å²) in [4.78, 5) is 16.1. The smallest absolute Gasteiger partial charge is 0.317 e. The number of carbonyl (C=O) groups excluding carboxylic acids is 1. The van der Waals surface area contributed by atoms with Gasteiger partial charge in [-0.2, -0.15) is 0 Å². The second-order valence-corrected chi connectivity index (χ2v) is 6.81. The van der Waals surface area contributed by atoms with Crippen molar-refractivity contribution >= 4 is 17.6 Å². The van der Waals surface area contributed by atoms with Crippen LogP contribution in [0.1, 0.15) is 25.7 Å². The van der Waals surface area contributed by atoms with Gasteiger partial charge >= 0.3 is 6.03 Å². The highest BCUT2D eigenvalue weighted by molar-refractivity contribution is 6.30. The number of nitrogens with zero attached hydrogens (tertiary/aromatic N) is 2. The number of urea groups is 1. The van der Waals surface area contributed by atoms with E-state index in [9.17, 15) is 4.79 Å².